The van der Waals surface area contributed by atoms with Crippen LogP contribution in [0.25, 0.3) is 0 Å². The number of aliphatic hydroxyl groups is 1. The molecule has 1 aromatic carbocycles. The molecule has 1 N–H and O–H groups in total. The molecule has 0 radical (unpaired) electrons. The van der Waals surface area contributed by atoms with Crippen LogP contribution in [0.3, 0.4) is 0 Å². The quantitative estimate of drug-likeness (QED) is 0.876. The summed E-state index contributed by atoms with van der Waals surface area (Å²) in [6.45, 7) is 2.10. The molecule has 0 fully saturated rings. The second kappa shape index (κ2) is 5.46. The first kappa shape index (κ1) is 11.6. The maximum atomic E-state index is 8.91. The number of nitrogens with zero attached hydrogens (tertiary/aromatic N) is 1. The van der Waals surface area contributed by atoms with Gasteiger partial charge in [0.15, 0.2) is 0 Å². The van der Waals surface area contributed by atoms with E-state index in [4.69, 9.17) is 9.84 Å². The number of aryl methyl sites for hydroxylation is 1. The van der Waals surface area contributed by atoms with E-state index in [1.807, 2.05) is 18.2 Å². The molecule has 0 saturated heterocycles. The lowest BCUT2D eigenvalue weighted by molar-refractivity contribution is 0.281. The minimum Gasteiger partial charge on any atom is -0.439 e. The van der Waals surface area contributed by atoms with Gasteiger partial charge in [0.1, 0.15) is 5.75 Å². The molecule has 2 rings (SSSR count). The van der Waals surface area contributed by atoms with Crippen LogP contribution in [-0.2, 0) is 13.0 Å². The number of hydrogen-bond acceptors (Lipinski definition) is 3. The second-order valence-electron chi connectivity index (χ2n) is 3.77. The molecule has 0 saturated carbocycles. The molecule has 88 valence electrons. The Labute approximate surface area is 101 Å². The van der Waals surface area contributed by atoms with Crippen molar-refractivity contribution in [2.45, 2.75) is 20.0 Å². The number of hydrogen-bond donors (Lipinski definition) is 1. The van der Waals surface area contributed by atoms with Crippen LogP contribution < -0.4 is 4.74 Å². The normalized spacial score (nSPS) is 10.2. The lowest BCUT2D eigenvalue weighted by Gasteiger charge is -2.06. The van der Waals surface area contributed by atoms with Gasteiger partial charge in [0, 0.05) is 12.3 Å². The average Bonchev–Trinajstić information content (AvgIpc) is 2.40. The van der Waals surface area contributed by atoms with Gasteiger partial charge < -0.3 is 9.84 Å². The van der Waals surface area contributed by atoms with Gasteiger partial charge >= 0.3 is 0 Å². The highest BCUT2D eigenvalue weighted by atomic mass is 16.5. The number of aromatic nitrogens is 1. The first-order valence-corrected chi connectivity index (χ1v) is 5.64. The third-order valence-electron chi connectivity index (χ3n) is 2.51. The van der Waals surface area contributed by atoms with Gasteiger partial charge in [-0.3, -0.25) is 0 Å². The Morgan fingerprint density at radius 3 is 2.71 bits per heavy atom. The molecule has 3 heteroatoms. The van der Waals surface area contributed by atoms with Gasteiger partial charge in [-0.15, -0.1) is 0 Å². The van der Waals surface area contributed by atoms with Crippen molar-refractivity contribution in [2.75, 3.05) is 0 Å². The molecule has 0 amide bonds. The smallest absolute Gasteiger partial charge is 0.219 e. The maximum Gasteiger partial charge on any atom is 0.219 e. The average molecular weight is 229 g/mol. The van der Waals surface area contributed by atoms with Gasteiger partial charge in [-0.05, 0) is 35.7 Å². The van der Waals surface area contributed by atoms with E-state index in [9.17, 15) is 0 Å². The van der Waals surface area contributed by atoms with E-state index in [0.29, 0.717) is 5.88 Å². The molecular formula is C14H15NO2. The van der Waals surface area contributed by atoms with Gasteiger partial charge in [-0.2, -0.15) is 0 Å². The molecule has 0 bridgehead atoms. The molecule has 17 heavy (non-hydrogen) atoms. The molecular weight excluding hydrogens is 214 g/mol. The highest BCUT2D eigenvalue weighted by Crippen LogP contribution is 2.20. The Morgan fingerprint density at radius 1 is 1.18 bits per heavy atom. The Kier molecular flexibility index (Phi) is 3.73. The number of benzene rings is 1. The molecule has 0 spiro atoms. The van der Waals surface area contributed by atoms with Crippen LogP contribution in [0.1, 0.15) is 18.1 Å². The molecule has 0 aliphatic carbocycles. The summed E-state index contributed by atoms with van der Waals surface area (Å²) in [6.07, 6.45) is 2.59. The Morgan fingerprint density at radius 2 is 2.06 bits per heavy atom. The molecule has 1 aromatic heterocycles. The number of rotatable bonds is 4. The number of ether oxygens (including phenoxy) is 1. The fourth-order valence-electron chi connectivity index (χ4n) is 1.51. The van der Waals surface area contributed by atoms with Gasteiger partial charge in [-0.1, -0.05) is 19.1 Å². The third-order valence-corrected chi connectivity index (χ3v) is 2.51. The molecule has 0 unspecified atom stereocenters. The SMILES string of the molecule is CCc1cccc(Oc2ccc(CO)cn2)c1. The van der Waals surface area contributed by atoms with E-state index < -0.39 is 0 Å². The van der Waals surface area contributed by atoms with Crippen molar-refractivity contribution in [2.24, 2.45) is 0 Å². The van der Waals surface area contributed by atoms with Gasteiger partial charge in [0.25, 0.3) is 0 Å². The first-order chi connectivity index (χ1) is 8.31. The van der Waals surface area contributed by atoms with Crippen LogP contribution in [0.15, 0.2) is 42.6 Å². The van der Waals surface area contributed by atoms with Crippen LogP contribution in [0.2, 0.25) is 0 Å². The van der Waals surface area contributed by atoms with E-state index in [1.165, 1.54) is 5.56 Å². The molecule has 1 heterocycles. The van der Waals surface area contributed by atoms with Crippen LogP contribution in [0.4, 0.5) is 0 Å². The fourth-order valence-corrected chi connectivity index (χ4v) is 1.51. The van der Waals surface area contributed by atoms with E-state index in [-0.39, 0.29) is 6.61 Å². The molecule has 0 aliphatic heterocycles. The van der Waals surface area contributed by atoms with Crippen LogP contribution in [-0.4, -0.2) is 10.1 Å². The Bertz CT molecular complexity index is 480. The lowest BCUT2D eigenvalue weighted by Crippen LogP contribution is -1.90. The van der Waals surface area contributed by atoms with Crippen molar-refractivity contribution in [3.05, 3.63) is 53.7 Å². The van der Waals surface area contributed by atoms with E-state index in [1.54, 1.807) is 18.3 Å². The zero-order valence-corrected chi connectivity index (χ0v) is 9.76. The minimum absolute atomic E-state index is 0.00139. The fraction of sp³-hybridized carbons (Fsp3) is 0.214. The van der Waals surface area contributed by atoms with Crippen molar-refractivity contribution in [3.63, 3.8) is 0 Å². The van der Waals surface area contributed by atoms with E-state index >= 15 is 0 Å². The molecule has 2 aromatic rings. The van der Waals surface area contributed by atoms with Gasteiger partial charge in [0.2, 0.25) is 5.88 Å². The highest BCUT2D eigenvalue weighted by Gasteiger charge is 1.99. The van der Waals surface area contributed by atoms with Crippen molar-refractivity contribution in [1.29, 1.82) is 0 Å². The third kappa shape index (κ3) is 3.04. The number of pyridine rings is 1. The minimum atomic E-state index is -0.00139. The van der Waals surface area contributed by atoms with Gasteiger partial charge in [-0.25, -0.2) is 4.98 Å². The summed E-state index contributed by atoms with van der Waals surface area (Å²) < 4.78 is 5.63. The van der Waals surface area contributed by atoms with E-state index in [2.05, 4.69) is 18.0 Å². The van der Waals surface area contributed by atoms with E-state index in [0.717, 1.165) is 17.7 Å². The van der Waals surface area contributed by atoms with Gasteiger partial charge in [0.05, 0.1) is 6.61 Å². The Balaban J connectivity index is 2.13. The number of aliphatic hydroxyl groups excluding tert-OH is 1. The van der Waals surface area contributed by atoms with Crippen molar-refractivity contribution in [1.82, 2.24) is 4.98 Å². The summed E-state index contributed by atoms with van der Waals surface area (Å²) in [6, 6.07) is 11.5. The molecule has 0 aliphatic rings. The summed E-state index contributed by atoms with van der Waals surface area (Å²) in [7, 11) is 0. The maximum absolute atomic E-state index is 8.91. The lowest BCUT2D eigenvalue weighted by atomic mass is 10.2. The summed E-state index contributed by atoms with van der Waals surface area (Å²) in [4.78, 5) is 4.12. The first-order valence-electron chi connectivity index (χ1n) is 5.64. The molecule has 0 atom stereocenters. The second-order valence-corrected chi connectivity index (χ2v) is 3.77. The largest absolute Gasteiger partial charge is 0.439 e. The summed E-state index contributed by atoms with van der Waals surface area (Å²) in [5, 5.41) is 8.91. The summed E-state index contributed by atoms with van der Waals surface area (Å²) in [5.74, 6) is 1.32. The van der Waals surface area contributed by atoms with Crippen LogP contribution in [0.5, 0.6) is 11.6 Å². The predicted molar refractivity (Wildman–Crippen MR) is 66.1 cm³/mol. The highest BCUT2D eigenvalue weighted by molar-refractivity contribution is 5.31. The monoisotopic (exact) mass is 229 g/mol. The summed E-state index contributed by atoms with van der Waals surface area (Å²) in [5.41, 5.74) is 2.01. The van der Waals surface area contributed by atoms with Crippen molar-refractivity contribution < 1.29 is 9.84 Å². The van der Waals surface area contributed by atoms with Crippen molar-refractivity contribution in [3.8, 4) is 11.6 Å². The van der Waals surface area contributed by atoms with Crippen LogP contribution in [0, 0.1) is 0 Å². The zero-order chi connectivity index (χ0) is 12.1. The van der Waals surface area contributed by atoms with Crippen LogP contribution >= 0.6 is 0 Å². The predicted octanol–water partition coefficient (Wildman–Crippen LogP) is 2.93. The zero-order valence-electron chi connectivity index (χ0n) is 9.76. The standard InChI is InChI=1S/C14H15NO2/c1-2-11-4-3-5-13(8-11)17-14-7-6-12(10-16)9-15-14/h3-9,16H,2,10H2,1H3. The van der Waals surface area contributed by atoms with Crippen molar-refractivity contribution >= 4 is 0 Å². The Hall–Kier alpha value is -1.87. The molecule has 3 nitrogen and oxygen atoms in total. The summed E-state index contributed by atoms with van der Waals surface area (Å²) >= 11 is 0. The topological polar surface area (TPSA) is 42.4 Å².